The summed E-state index contributed by atoms with van der Waals surface area (Å²) in [6.45, 7) is 0. The second-order valence-corrected chi connectivity index (χ2v) is 8.25. The third kappa shape index (κ3) is 1.74. The SMILES string of the molecule is O=S(O)c1cccc2c1-c1ccccc1C21c2ccccc2-c2ccccc21. The summed E-state index contributed by atoms with van der Waals surface area (Å²) in [5.74, 6) is 0. The number of fused-ring (bicyclic) bond motifs is 10. The smallest absolute Gasteiger partial charge is 0.187 e. The van der Waals surface area contributed by atoms with Crippen molar-refractivity contribution in [1.82, 2.24) is 0 Å². The van der Waals surface area contributed by atoms with Gasteiger partial charge in [-0.1, -0.05) is 84.9 Å². The molecule has 4 aromatic rings. The van der Waals surface area contributed by atoms with Crippen molar-refractivity contribution in [3.63, 3.8) is 0 Å². The Hall–Kier alpha value is -3.01. The van der Waals surface area contributed by atoms with Gasteiger partial charge in [-0.15, -0.1) is 0 Å². The van der Waals surface area contributed by atoms with E-state index in [1.165, 1.54) is 27.8 Å². The van der Waals surface area contributed by atoms with Gasteiger partial charge >= 0.3 is 0 Å². The number of hydrogen-bond donors (Lipinski definition) is 1. The molecule has 3 heteroatoms. The lowest BCUT2D eigenvalue weighted by molar-refractivity contribution is 0.564. The van der Waals surface area contributed by atoms with Crippen LogP contribution in [0.2, 0.25) is 0 Å². The first kappa shape index (κ1) is 16.0. The zero-order valence-electron chi connectivity index (χ0n) is 14.9. The molecule has 1 unspecified atom stereocenters. The second kappa shape index (κ2) is 5.51. The average Bonchev–Trinajstić information content (AvgIpc) is 3.21. The van der Waals surface area contributed by atoms with Crippen molar-refractivity contribution in [1.29, 1.82) is 0 Å². The van der Waals surface area contributed by atoms with Gasteiger partial charge in [0.15, 0.2) is 11.1 Å². The monoisotopic (exact) mass is 380 g/mol. The fourth-order valence-electron chi connectivity index (χ4n) is 5.26. The Bertz CT molecular complexity index is 1260. The lowest BCUT2D eigenvalue weighted by Gasteiger charge is -2.30. The molecule has 1 N–H and O–H groups in total. The molecule has 6 rings (SSSR count). The van der Waals surface area contributed by atoms with Crippen LogP contribution in [0.3, 0.4) is 0 Å². The van der Waals surface area contributed by atoms with Gasteiger partial charge in [0.1, 0.15) is 0 Å². The van der Waals surface area contributed by atoms with Gasteiger partial charge in [-0.25, -0.2) is 4.21 Å². The summed E-state index contributed by atoms with van der Waals surface area (Å²) in [5, 5.41) is 0. The highest BCUT2D eigenvalue weighted by atomic mass is 32.2. The summed E-state index contributed by atoms with van der Waals surface area (Å²) in [7, 11) is 0. The number of rotatable bonds is 1. The maximum Gasteiger partial charge on any atom is 0.187 e. The van der Waals surface area contributed by atoms with Crippen molar-refractivity contribution in [2.45, 2.75) is 10.3 Å². The summed E-state index contributed by atoms with van der Waals surface area (Å²) in [5.41, 5.74) is 8.70. The highest BCUT2D eigenvalue weighted by Gasteiger charge is 2.52. The quantitative estimate of drug-likeness (QED) is 0.376. The van der Waals surface area contributed by atoms with Crippen molar-refractivity contribution in [3.8, 4) is 22.3 Å². The zero-order valence-corrected chi connectivity index (χ0v) is 15.7. The third-order valence-corrected chi connectivity index (χ3v) is 6.89. The van der Waals surface area contributed by atoms with E-state index in [0.29, 0.717) is 4.90 Å². The van der Waals surface area contributed by atoms with E-state index in [-0.39, 0.29) is 0 Å². The molecule has 134 valence electrons. The van der Waals surface area contributed by atoms with Gasteiger partial charge in [0.2, 0.25) is 0 Å². The van der Waals surface area contributed by atoms with Gasteiger partial charge in [-0.2, -0.15) is 0 Å². The van der Waals surface area contributed by atoms with E-state index in [9.17, 15) is 8.76 Å². The largest absolute Gasteiger partial charge is 0.302 e. The molecule has 0 saturated carbocycles. The standard InChI is InChI=1S/C25H16O2S/c26-28(27)23-15-7-14-22-24(23)18-10-3-6-13-21(18)25(22)19-11-4-1-8-16(19)17-9-2-5-12-20(17)25/h1-15H,(H,26,27). The van der Waals surface area contributed by atoms with Crippen LogP contribution in [0, 0.1) is 0 Å². The Labute approximate surface area is 165 Å². The molecule has 4 aromatic carbocycles. The van der Waals surface area contributed by atoms with Crippen LogP contribution in [-0.4, -0.2) is 8.76 Å². The van der Waals surface area contributed by atoms with Gasteiger partial charge in [-0.3, -0.25) is 0 Å². The summed E-state index contributed by atoms with van der Waals surface area (Å²) in [6.07, 6.45) is 0. The first-order valence-corrected chi connectivity index (χ1v) is 10.4. The molecule has 2 aliphatic rings. The molecular weight excluding hydrogens is 364 g/mol. The summed E-state index contributed by atoms with van der Waals surface area (Å²) < 4.78 is 22.2. The molecule has 0 radical (unpaired) electrons. The second-order valence-electron chi connectivity index (χ2n) is 7.31. The molecular formula is C25H16O2S. The van der Waals surface area contributed by atoms with E-state index in [1.807, 2.05) is 12.1 Å². The van der Waals surface area contributed by atoms with Crippen molar-refractivity contribution in [3.05, 3.63) is 113 Å². The maximum atomic E-state index is 12.2. The molecule has 0 bridgehead atoms. The molecule has 1 atom stereocenters. The van der Waals surface area contributed by atoms with Gasteiger partial charge in [-0.05, 0) is 45.0 Å². The highest BCUT2D eigenvalue weighted by Crippen LogP contribution is 2.63. The molecule has 0 aromatic heterocycles. The van der Waals surface area contributed by atoms with E-state index in [4.69, 9.17) is 0 Å². The first-order chi connectivity index (χ1) is 13.7. The fourth-order valence-corrected chi connectivity index (χ4v) is 5.85. The van der Waals surface area contributed by atoms with Crippen LogP contribution in [0.1, 0.15) is 22.3 Å². The van der Waals surface area contributed by atoms with Crippen molar-refractivity contribution >= 4 is 11.1 Å². The summed E-state index contributed by atoms with van der Waals surface area (Å²) in [6, 6.07) is 31.2. The minimum absolute atomic E-state index is 0.450. The van der Waals surface area contributed by atoms with Gasteiger partial charge in [0, 0.05) is 5.56 Å². The minimum atomic E-state index is -2.05. The van der Waals surface area contributed by atoms with E-state index < -0.39 is 16.5 Å². The Balaban J connectivity index is 1.87. The van der Waals surface area contributed by atoms with Crippen LogP contribution in [0.25, 0.3) is 22.3 Å². The predicted octanol–water partition coefficient (Wildman–Crippen LogP) is 5.61. The fraction of sp³-hybridized carbons (Fsp3) is 0.0400. The zero-order chi connectivity index (χ0) is 18.9. The Morgan fingerprint density at radius 1 is 0.571 bits per heavy atom. The molecule has 0 saturated heterocycles. The van der Waals surface area contributed by atoms with E-state index >= 15 is 0 Å². The van der Waals surface area contributed by atoms with Crippen molar-refractivity contribution in [2.75, 3.05) is 0 Å². The molecule has 0 aliphatic heterocycles. The molecule has 2 nitrogen and oxygen atoms in total. The van der Waals surface area contributed by atoms with Gasteiger partial charge in [0.05, 0.1) is 10.3 Å². The van der Waals surface area contributed by atoms with Crippen LogP contribution < -0.4 is 0 Å². The number of hydrogen-bond acceptors (Lipinski definition) is 1. The molecule has 0 heterocycles. The molecule has 0 fully saturated rings. The van der Waals surface area contributed by atoms with E-state index in [1.54, 1.807) is 6.07 Å². The minimum Gasteiger partial charge on any atom is -0.302 e. The number of benzene rings is 4. The Morgan fingerprint density at radius 3 is 1.61 bits per heavy atom. The topological polar surface area (TPSA) is 37.3 Å². The van der Waals surface area contributed by atoms with Crippen molar-refractivity contribution < 1.29 is 8.76 Å². The van der Waals surface area contributed by atoms with E-state index in [2.05, 4.69) is 72.8 Å². The molecule has 0 amide bonds. The summed E-state index contributed by atoms with van der Waals surface area (Å²) >= 11 is -2.05. The van der Waals surface area contributed by atoms with Crippen LogP contribution in [-0.2, 0) is 16.5 Å². The maximum absolute atomic E-state index is 12.2. The van der Waals surface area contributed by atoms with Crippen molar-refractivity contribution in [2.24, 2.45) is 0 Å². The first-order valence-electron chi connectivity index (χ1n) is 9.28. The molecule has 28 heavy (non-hydrogen) atoms. The van der Waals surface area contributed by atoms with Gasteiger partial charge in [0.25, 0.3) is 0 Å². The lowest BCUT2D eigenvalue weighted by atomic mass is 9.70. The van der Waals surface area contributed by atoms with Gasteiger partial charge < -0.3 is 4.55 Å². The van der Waals surface area contributed by atoms with Crippen LogP contribution >= 0.6 is 0 Å². The third-order valence-electron chi connectivity index (χ3n) is 6.17. The Kier molecular flexibility index (Phi) is 3.14. The van der Waals surface area contributed by atoms with E-state index in [0.717, 1.165) is 16.7 Å². The average molecular weight is 380 g/mol. The Morgan fingerprint density at radius 2 is 1.04 bits per heavy atom. The summed E-state index contributed by atoms with van der Waals surface area (Å²) in [4.78, 5) is 0.476. The normalized spacial score (nSPS) is 15.6. The van der Waals surface area contributed by atoms with Crippen LogP contribution in [0.4, 0.5) is 0 Å². The van der Waals surface area contributed by atoms with Crippen LogP contribution in [0.5, 0.6) is 0 Å². The lowest BCUT2D eigenvalue weighted by Crippen LogP contribution is -2.25. The van der Waals surface area contributed by atoms with Crippen LogP contribution in [0.15, 0.2) is 95.9 Å². The highest BCUT2D eigenvalue weighted by molar-refractivity contribution is 7.79. The molecule has 1 spiro atoms. The predicted molar refractivity (Wildman–Crippen MR) is 112 cm³/mol. The molecule has 2 aliphatic carbocycles.